The first kappa shape index (κ1) is 28.0. The van der Waals surface area contributed by atoms with Crippen molar-refractivity contribution >= 4 is 17.5 Å². The molecule has 8 atom stereocenters. The maximum absolute atomic E-state index is 13.6. The smallest absolute Gasteiger partial charge is 0.332 e. The molecule has 4 aliphatic rings. The van der Waals surface area contributed by atoms with Crippen molar-refractivity contribution in [3.05, 3.63) is 23.8 Å². The van der Waals surface area contributed by atoms with E-state index in [9.17, 15) is 33.4 Å². The summed E-state index contributed by atoms with van der Waals surface area (Å²) >= 11 is 0. The average Bonchev–Trinajstić information content (AvgIpc) is 3.11. The molecule has 0 amide bonds. The summed E-state index contributed by atoms with van der Waals surface area (Å²) in [7, 11) is 0. The number of fused-ring (bicyclic) bond motifs is 5. The first-order chi connectivity index (χ1) is 17.2. The third-order valence-corrected chi connectivity index (χ3v) is 10.0. The number of hydrogen-bond acceptors (Lipinski definition) is 8. The SMILES string of the molecule is CC12C=CC(=O)C=C1CCC1C2C(O)CC2(C)C1CCC2(O)C(=O)COC(=O)C(N)(CCCN)C(F)F. The highest BCUT2D eigenvalue weighted by Gasteiger charge is 2.68. The number of esters is 1. The average molecular weight is 525 g/mol. The number of ether oxygens (including phenoxy) is 1. The van der Waals surface area contributed by atoms with Gasteiger partial charge < -0.3 is 26.4 Å². The quantitative estimate of drug-likeness (QED) is 0.351. The Morgan fingerprint density at radius 1 is 1.30 bits per heavy atom. The minimum Gasteiger partial charge on any atom is -0.456 e. The van der Waals surface area contributed by atoms with Crippen LogP contribution in [0.4, 0.5) is 8.78 Å². The van der Waals surface area contributed by atoms with E-state index >= 15 is 0 Å². The molecule has 0 saturated heterocycles. The third kappa shape index (κ3) is 4.20. The summed E-state index contributed by atoms with van der Waals surface area (Å²) in [5.41, 5.74) is 6.03. The number of halogens is 2. The van der Waals surface area contributed by atoms with Gasteiger partial charge in [-0.3, -0.25) is 9.59 Å². The van der Waals surface area contributed by atoms with E-state index in [0.717, 1.165) is 12.0 Å². The molecule has 3 fully saturated rings. The molecular weight excluding hydrogens is 486 g/mol. The van der Waals surface area contributed by atoms with Crippen molar-refractivity contribution in [3.63, 3.8) is 0 Å². The summed E-state index contributed by atoms with van der Waals surface area (Å²) in [6, 6.07) is 0. The van der Waals surface area contributed by atoms with Crippen LogP contribution in [0, 0.1) is 28.6 Å². The maximum Gasteiger partial charge on any atom is 0.332 e. The molecule has 0 aromatic heterocycles. The van der Waals surface area contributed by atoms with Crippen molar-refractivity contribution in [1.29, 1.82) is 0 Å². The van der Waals surface area contributed by atoms with Crippen molar-refractivity contribution in [2.45, 2.75) is 82.5 Å². The predicted octanol–water partition coefficient (Wildman–Crippen LogP) is 1.81. The molecule has 0 bridgehead atoms. The van der Waals surface area contributed by atoms with Crippen LogP contribution >= 0.6 is 0 Å². The summed E-state index contributed by atoms with van der Waals surface area (Å²) in [5, 5.41) is 23.1. The van der Waals surface area contributed by atoms with E-state index in [1.54, 1.807) is 19.1 Å². The Kier molecular flexibility index (Phi) is 7.29. The third-order valence-electron chi connectivity index (χ3n) is 10.0. The van der Waals surface area contributed by atoms with Gasteiger partial charge in [-0.15, -0.1) is 0 Å². The summed E-state index contributed by atoms with van der Waals surface area (Å²) in [4.78, 5) is 37.7. The standard InChI is InChI=1S/C27H38F2N2O6/c1-24-9-6-16(32)12-15(24)4-5-17-18-7-10-27(36,25(18,2)13-19(33)21(17)24)20(34)14-37-23(35)26(31,22(28)29)8-3-11-30/h6,9,12,17-19,21-22,33,36H,3-5,7-8,10-11,13-14,30-31H2,1-2H3. The van der Waals surface area contributed by atoms with Gasteiger partial charge in [0.05, 0.1) is 6.10 Å². The number of rotatable bonds is 8. The number of nitrogens with two attached hydrogens (primary N) is 2. The van der Waals surface area contributed by atoms with E-state index in [-0.39, 0.29) is 49.3 Å². The molecule has 0 aliphatic heterocycles. The number of carbonyl (C=O) groups excluding carboxylic acids is 3. The zero-order valence-corrected chi connectivity index (χ0v) is 21.4. The number of allylic oxidation sites excluding steroid dienone is 4. The Balaban J connectivity index is 1.53. The topological polar surface area (TPSA) is 153 Å². The van der Waals surface area contributed by atoms with Crippen LogP contribution in [0.5, 0.6) is 0 Å². The van der Waals surface area contributed by atoms with Crippen molar-refractivity contribution in [1.82, 2.24) is 0 Å². The number of Topliss-reactive ketones (excluding diaryl/α,β-unsaturated/α-hetero) is 1. The minimum atomic E-state index is -3.21. The van der Waals surface area contributed by atoms with Gasteiger partial charge in [-0.05, 0) is 75.5 Å². The molecule has 37 heavy (non-hydrogen) atoms. The summed E-state index contributed by atoms with van der Waals surface area (Å²) in [5.74, 6) is -2.50. The monoisotopic (exact) mass is 524 g/mol. The number of ketones is 2. The van der Waals surface area contributed by atoms with Gasteiger partial charge in [0.1, 0.15) is 5.60 Å². The summed E-state index contributed by atoms with van der Waals surface area (Å²) < 4.78 is 32.1. The van der Waals surface area contributed by atoms with E-state index in [1.165, 1.54) is 0 Å². The fourth-order valence-corrected chi connectivity index (χ4v) is 7.87. The molecule has 0 spiro atoms. The molecule has 6 N–H and O–H groups in total. The lowest BCUT2D eigenvalue weighted by Gasteiger charge is -2.59. The second kappa shape index (κ2) is 9.63. The molecule has 10 heteroatoms. The number of hydrogen-bond donors (Lipinski definition) is 4. The Hall–Kier alpha value is -2.01. The van der Waals surface area contributed by atoms with Crippen molar-refractivity contribution in [2.75, 3.05) is 13.2 Å². The van der Waals surface area contributed by atoms with Crippen LogP contribution < -0.4 is 11.5 Å². The second-order valence-corrected chi connectivity index (χ2v) is 11.8. The van der Waals surface area contributed by atoms with E-state index < -0.39 is 59.3 Å². The molecule has 0 aromatic rings. The molecule has 206 valence electrons. The molecule has 4 rings (SSSR count). The lowest BCUT2D eigenvalue weighted by molar-refractivity contribution is -0.183. The van der Waals surface area contributed by atoms with Gasteiger partial charge in [0.2, 0.25) is 5.78 Å². The number of aliphatic hydroxyl groups is 2. The van der Waals surface area contributed by atoms with Gasteiger partial charge in [0.15, 0.2) is 17.9 Å². The van der Waals surface area contributed by atoms with E-state index in [1.807, 2.05) is 13.0 Å². The molecule has 8 unspecified atom stereocenters. The number of aliphatic hydroxyl groups excluding tert-OH is 1. The fraction of sp³-hybridized carbons (Fsp3) is 0.741. The fourth-order valence-electron chi connectivity index (χ4n) is 7.87. The van der Waals surface area contributed by atoms with Gasteiger partial charge in [-0.1, -0.05) is 25.5 Å². The zero-order valence-electron chi connectivity index (χ0n) is 21.4. The first-order valence-corrected chi connectivity index (χ1v) is 13.1. The first-order valence-electron chi connectivity index (χ1n) is 13.1. The van der Waals surface area contributed by atoms with Crippen LogP contribution in [-0.2, 0) is 19.1 Å². The van der Waals surface area contributed by atoms with Crippen LogP contribution in [0.25, 0.3) is 0 Å². The van der Waals surface area contributed by atoms with Crippen LogP contribution in [0.3, 0.4) is 0 Å². The second-order valence-electron chi connectivity index (χ2n) is 11.8. The summed E-state index contributed by atoms with van der Waals surface area (Å²) in [6.07, 6.45) is 2.90. The Bertz CT molecular complexity index is 1030. The van der Waals surface area contributed by atoms with Gasteiger partial charge in [-0.25, -0.2) is 13.6 Å². The highest BCUT2D eigenvalue weighted by Crippen LogP contribution is 2.67. The zero-order chi connectivity index (χ0) is 27.4. The Morgan fingerprint density at radius 3 is 2.65 bits per heavy atom. The molecule has 0 heterocycles. The van der Waals surface area contributed by atoms with Crippen LogP contribution in [-0.4, -0.2) is 64.6 Å². The largest absolute Gasteiger partial charge is 0.456 e. The molecular formula is C27H38F2N2O6. The molecule has 3 saturated carbocycles. The van der Waals surface area contributed by atoms with Gasteiger partial charge in [0, 0.05) is 16.7 Å². The minimum absolute atomic E-state index is 0.00455. The van der Waals surface area contributed by atoms with Crippen molar-refractivity contribution in [3.8, 4) is 0 Å². The van der Waals surface area contributed by atoms with Gasteiger partial charge >= 0.3 is 5.97 Å². The highest BCUT2D eigenvalue weighted by atomic mass is 19.3. The Labute approximate surface area is 215 Å². The number of carbonyl (C=O) groups is 3. The lowest BCUT2D eigenvalue weighted by atomic mass is 9.46. The number of alkyl halides is 2. The van der Waals surface area contributed by atoms with Crippen LogP contribution in [0.2, 0.25) is 0 Å². The Morgan fingerprint density at radius 2 is 2.00 bits per heavy atom. The normalized spacial score (nSPS) is 40.4. The van der Waals surface area contributed by atoms with E-state index in [2.05, 4.69) is 0 Å². The predicted molar refractivity (Wildman–Crippen MR) is 130 cm³/mol. The van der Waals surface area contributed by atoms with Crippen molar-refractivity contribution < 1.29 is 38.1 Å². The molecule has 0 aromatic carbocycles. The molecule has 0 radical (unpaired) electrons. The van der Waals surface area contributed by atoms with Crippen molar-refractivity contribution in [2.24, 2.45) is 40.1 Å². The maximum atomic E-state index is 13.6. The van der Waals surface area contributed by atoms with E-state index in [0.29, 0.717) is 12.8 Å². The van der Waals surface area contributed by atoms with Crippen LogP contribution in [0.15, 0.2) is 23.8 Å². The lowest BCUT2D eigenvalue weighted by Crippen LogP contribution is -2.62. The van der Waals surface area contributed by atoms with Gasteiger partial charge in [-0.2, -0.15) is 0 Å². The molecule has 8 nitrogen and oxygen atoms in total. The molecule has 4 aliphatic carbocycles. The van der Waals surface area contributed by atoms with Crippen LogP contribution in [0.1, 0.15) is 58.8 Å². The van der Waals surface area contributed by atoms with Gasteiger partial charge in [0.25, 0.3) is 6.43 Å². The summed E-state index contributed by atoms with van der Waals surface area (Å²) in [6.45, 7) is 2.99. The van der Waals surface area contributed by atoms with E-state index in [4.69, 9.17) is 16.2 Å². The highest BCUT2D eigenvalue weighted by molar-refractivity contribution is 6.01.